The highest BCUT2D eigenvalue weighted by atomic mass is 79.9. The van der Waals surface area contributed by atoms with Crippen LogP contribution in [0.2, 0.25) is 0 Å². The highest BCUT2D eigenvalue weighted by molar-refractivity contribution is 9.10. The van der Waals surface area contributed by atoms with Crippen molar-refractivity contribution < 1.29 is 19.1 Å². The summed E-state index contributed by atoms with van der Waals surface area (Å²) >= 11 is 3.35. The Bertz CT molecular complexity index is 1000. The van der Waals surface area contributed by atoms with Crippen molar-refractivity contribution in [2.75, 3.05) is 0 Å². The molecule has 0 aliphatic rings. The highest BCUT2D eigenvalue weighted by Crippen LogP contribution is 2.21. The summed E-state index contributed by atoms with van der Waals surface area (Å²) in [5.74, 6) is 0.312. The maximum Gasteiger partial charge on any atom is 0.347 e. The standard InChI is InChI=1S/C19H18BrN3O4/c1-10(24)13-5-4-6-15(7-13)26-12(3)19(25)27-11(2)17-22-16-8-14(20)9-21-18(16)23-17/h4-9,11-12H,1-3H3,(H,21,22,23). The number of hydrogen-bond donors (Lipinski definition) is 1. The summed E-state index contributed by atoms with van der Waals surface area (Å²) in [4.78, 5) is 35.4. The number of ketones is 1. The van der Waals surface area contributed by atoms with Crippen molar-refractivity contribution in [1.29, 1.82) is 0 Å². The average molecular weight is 432 g/mol. The van der Waals surface area contributed by atoms with Gasteiger partial charge in [0.2, 0.25) is 0 Å². The average Bonchev–Trinajstić information content (AvgIpc) is 3.05. The van der Waals surface area contributed by atoms with Crippen molar-refractivity contribution in [3.8, 4) is 5.75 Å². The molecule has 2 atom stereocenters. The molecule has 3 rings (SSSR count). The minimum atomic E-state index is -0.841. The molecule has 27 heavy (non-hydrogen) atoms. The molecule has 140 valence electrons. The number of Topliss-reactive ketones (excluding diaryl/α,β-unsaturated/α-hetero) is 1. The number of aromatic amines is 1. The van der Waals surface area contributed by atoms with E-state index < -0.39 is 18.2 Å². The first-order chi connectivity index (χ1) is 12.8. The summed E-state index contributed by atoms with van der Waals surface area (Å²) in [5, 5.41) is 0. The molecule has 0 aliphatic carbocycles. The topological polar surface area (TPSA) is 94.2 Å². The van der Waals surface area contributed by atoms with Crippen LogP contribution in [0.25, 0.3) is 11.2 Å². The maximum atomic E-state index is 12.3. The predicted molar refractivity (Wildman–Crippen MR) is 103 cm³/mol. The zero-order chi connectivity index (χ0) is 19.6. The van der Waals surface area contributed by atoms with E-state index >= 15 is 0 Å². The van der Waals surface area contributed by atoms with Crippen LogP contribution in [0.3, 0.4) is 0 Å². The predicted octanol–water partition coefficient (Wildman–Crippen LogP) is 3.99. The molecule has 1 aromatic carbocycles. The van der Waals surface area contributed by atoms with Gasteiger partial charge in [-0.15, -0.1) is 0 Å². The number of aromatic nitrogens is 3. The van der Waals surface area contributed by atoms with Crippen LogP contribution in [0.15, 0.2) is 41.0 Å². The minimum Gasteiger partial charge on any atom is -0.479 e. The molecule has 8 heteroatoms. The zero-order valence-corrected chi connectivity index (χ0v) is 16.6. The number of nitrogens with one attached hydrogen (secondary N) is 1. The van der Waals surface area contributed by atoms with Crippen LogP contribution in [0.1, 0.15) is 43.1 Å². The Morgan fingerprint density at radius 3 is 2.74 bits per heavy atom. The van der Waals surface area contributed by atoms with Crippen molar-refractivity contribution in [3.63, 3.8) is 0 Å². The lowest BCUT2D eigenvalue weighted by Gasteiger charge is -2.17. The zero-order valence-electron chi connectivity index (χ0n) is 15.0. The molecule has 0 amide bonds. The number of hydrogen-bond acceptors (Lipinski definition) is 6. The first-order valence-electron chi connectivity index (χ1n) is 8.33. The molecule has 2 heterocycles. The van der Waals surface area contributed by atoms with Gasteiger partial charge in [0.15, 0.2) is 23.6 Å². The molecule has 0 saturated heterocycles. The lowest BCUT2D eigenvalue weighted by molar-refractivity contribution is -0.156. The van der Waals surface area contributed by atoms with Gasteiger partial charge in [-0.1, -0.05) is 12.1 Å². The number of halogens is 1. The van der Waals surface area contributed by atoms with E-state index in [4.69, 9.17) is 9.47 Å². The summed E-state index contributed by atoms with van der Waals surface area (Å²) in [6.07, 6.45) is 0.209. The molecule has 2 aromatic heterocycles. The Hall–Kier alpha value is -2.74. The number of esters is 1. The Morgan fingerprint density at radius 1 is 1.22 bits per heavy atom. The first-order valence-corrected chi connectivity index (χ1v) is 9.12. The minimum absolute atomic E-state index is 0.0746. The van der Waals surface area contributed by atoms with Crippen molar-refractivity contribution >= 4 is 38.8 Å². The van der Waals surface area contributed by atoms with Gasteiger partial charge in [-0.2, -0.15) is 0 Å². The Kier molecular flexibility index (Phi) is 5.55. The van der Waals surface area contributed by atoms with Gasteiger partial charge in [0, 0.05) is 16.2 Å². The molecule has 0 aliphatic heterocycles. The molecular weight excluding hydrogens is 414 g/mol. The van der Waals surface area contributed by atoms with Crippen LogP contribution < -0.4 is 4.74 Å². The number of carbonyl (C=O) groups excluding carboxylic acids is 2. The Labute approximate surface area is 164 Å². The molecule has 2 unspecified atom stereocenters. The van der Waals surface area contributed by atoms with Gasteiger partial charge in [0.1, 0.15) is 11.6 Å². The second kappa shape index (κ2) is 7.87. The number of carbonyl (C=O) groups is 2. The van der Waals surface area contributed by atoms with Crippen LogP contribution in [0, 0.1) is 0 Å². The monoisotopic (exact) mass is 431 g/mol. The molecule has 3 aromatic rings. The third-order valence-corrected chi connectivity index (χ3v) is 4.32. The summed E-state index contributed by atoms with van der Waals surface area (Å²) in [7, 11) is 0. The van der Waals surface area contributed by atoms with E-state index in [0.29, 0.717) is 22.8 Å². The van der Waals surface area contributed by atoms with Crippen molar-refractivity contribution in [2.24, 2.45) is 0 Å². The number of H-pyrrole nitrogens is 1. The third kappa shape index (κ3) is 4.51. The molecule has 0 bridgehead atoms. The van der Waals surface area contributed by atoms with E-state index in [1.54, 1.807) is 44.3 Å². The molecular formula is C19H18BrN3O4. The van der Waals surface area contributed by atoms with Gasteiger partial charge in [0.05, 0.1) is 5.52 Å². The number of nitrogens with zero attached hydrogens (tertiary/aromatic N) is 2. The molecule has 1 N–H and O–H groups in total. The van der Waals surface area contributed by atoms with Gasteiger partial charge in [-0.05, 0) is 54.9 Å². The quantitative estimate of drug-likeness (QED) is 0.468. The third-order valence-electron chi connectivity index (χ3n) is 3.89. The van der Waals surface area contributed by atoms with Gasteiger partial charge >= 0.3 is 5.97 Å². The second-order valence-corrected chi connectivity index (χ2v) is 6.99. The summed E-state index contributed by atoms with van der Waals surface area (Å²) < 4.78 is 11.9. The number of imidazole rings is 1. The van der Waals surface area contributed by atoms with E-state index in [9.17, 15) is 9.59 Å². The largest absolute Gasteiger partial charge is 0.479 e. The second-order valence-electron chi connectivity index (χ2n) is 6.07. The molecule has 0 spiro atoms. The Morgan fingerprint density at radius 2 is 2.00 bits per heavy atom. The van der Waals surface area contributed by atoms with Crippen LogP contribution in [-0.4, -0.2) is 32.8 Å². The van der Waals surface area contributed by atoms with Crippen LogP contribution in [0.4, 0.5) is 0 Å². The summed E-state index contributed by atoms with van der Waals surface area (Å²) in [6.45, 7) is 4.78. The smallest absolute Gasteiger partial charge is 0.347 e. The van der Waals surface area contributed by atoms with Crippen molar-refractivity contribution in [2.45, 2.75) is 33.0 Å². The van der Waals surface area contributed by atoms with Gasteiger partial charge in [-0.25, -0.2) is 14.8 Å². The van der Waals surface area contributed by atoms with Gasteiger partial charge in [0.25, 0.3) is 0 Å². The maximum absolute atomic E-state index is 12.3. The van der Waals surface area contributed by atoms with Gasteiger partial charge in [-0.3, -0.25) is 4.79 Å². The first kappa shape index (κ1) is 19.0. The fraction of sp³-hybridized carbons (Fsp3) is 0.263. The Balaban J connectivity index is 1.66. The number of benzene rings is 1. The van der Waals surface area contributed by atoms with E-state index in [1.807, 2.05) is 6.07 Å². The lowest BCUT2D eigenvalue weighted by atomic mass is 10.1. The lowest BCUT2D eigenvalue weighted by Crippen LogP contribution is -2.27. The van der Waals surface area contributed by atoms with E-state index in [1.165, 1.54) is 6.92 Å². The summed E-state index contributed by atoms with van der Waals surface area (Å²) in [6, 6.07) is 8.52. The highest BCUT2D eigenvalue weighted by Gasteiger charge is 2.22. The van der Waals surface area contributed by atoms with Crippen LogP contribution >= 0.6 is 15.9 Å². The van der Waals surface area contributed by atoms with Crippen LogP contribution in [0.5, 0.6) is 5.75 Å². The fourth-order valence-electron chi connectivity index (χ4n) is 2.45. The SMILES string of the molecule is CC(=O)c1cccc(OC(C)C(=O)OC(C)c2nc3ncc(Br)cc3[nH]2)c1. The van der Waals surface area contributed by atoms with E-state index in [0.717, 1.165) is 9.99 Å². The van der Waals surface area contributed by atoms with Gasteiger partial charge < -0.3 is 14.5 Å². The summed E-state index contributed by atoms with van der Waals surface area (Å²) in [5.41, 5.74) is 1.80. The molecule has 0 saturated carbocycles. The van der Waals surface area contributed by atoms with E-state index in [2.05, 4.69) is 30.9 Å². The molecule has 0 radical (unpaired) electrons. The van der Waals surface area contributed by atoms with Crippen LogP contribution in [-0.2, 0) is 9.53 Å². The van der Waals surface area contributed by atoms with Crippen molar-refractivity contribution in [1.82, 2.24) is 15.0 Å². The number of pyridine rings is 1. The normalized spacial score (nSPS) is 13.2. The fourth-order valence-corrected chi connectivity index (χ4v) is 2.78. The number of rotatable bonds is 6. The number of ether oxygens (including phenoxy) is 2. The van der Waals surface area contributed by atoms with E-state index in [-0.39, 0.29) is 5.78 Å². The molecule has 0 fully saturated rings. The van der Waals surface area contributed by atoms with Crippen molar-refractivity contribution in [3.05, 3.63) is 52.4 Å². The molecule has 7 nitrogen and oxygen atoms in total. The number of fused-ring (bicyclic) bond motifs is 1.